The predicted molar refractivity (Wildman–Crippen MR) is 125 cm³/mol. The van der Waals surface area contributed by atoms with Crippen LogP contribution in [0, 0.1) is 0 Å². The van der Waals surface area contributed by atoms with Crippen molar-refractivity contribution in [2.24, 2.45) is 0 Å². The van der Waals surface area contributed by atoms with Gasteiger partial charge in [-0.3, -0.25) is 9.88 Å². The van der Waals surface area contributed by atoms with E-state index >= 15 is 0 Å². The third kappa shape index (κ3) is 4.76. The maximum Gasteiger partial charge on any atom is 0.314 e. The van der Waals surface area contributed by atoms with Crippen LogP contribution in [0.2, 0.25) is 0 Å². The first-order chi connectivity index (χ1) is 17.6. The Labute approximate surface area is 206 Å². The van der Waals surface area contributed by atoms with E-state index in [2.05, 4.69) is 54.7 Å². The Morgan fingerprint density at radius 1 is 1.00 bits per heavy atom. The molecule has 3 aromatic heterocycles. The molecule has 0 amide bonds. The fourth-order valence-corrected chi connectivity index (χ4v) is 4.74. The second kappa shape index (κ2) is 9.82. The van der Waals surface area contributed by atoms with Gasteiger partial charge in [-0.15, -0.1) is 15.3 Å². The SMILES string of the molecule is FC(F)c1nnc(-c2ccc(Cn3cc(-c4cccc(C5CCN(C6COC6)CC5)c4)nn3)nc2)o1. The van der Waals surface area contributed by atoms with E-state index in [0.717, 1.165) is 56.1 Å². The molecule has 6 rings (SSSR count). The van der Waals surface area contributed by atoms with E-state index in [1.165, 1.54) is 11.8 Å². The molecular weight excluding hydrogens is 468 g/mol. The van der Waals surface area contributed by atoms with Crippen molar-refractivity contribution < 1.29 is 17.9 Å². The first-order valence-corrected chi connectivity index (χ1v) is 12.0. The molecule has 2 saturated heterocycles. The zero-order valence-corrected chi connectivity index (χ0v) is 19.5. The quantitative estimate of drug-likeness (QED) is 0.382. The molecule has 1 aromatic carbocycles. The fraction of sp³-hybridized carbons (Fsp3) is 0.400. The van der Waals surface area contributed by atoms with Crippen LogP contribution in [0.15, 0.2) is 53.2 Å². The number of rotatable bonds is 7. The molecule has 0 atom stereocenters. The van der Waals surface area contributed by atoms with Gasteiger partial charge in [-0.2, -0.15) is 8.78 Å². The highest BCUT2D eigenvalue weighted by atomic mass is 19.3. The van der Waals surface area contributed by atoms with Crippen molar-refractivity contribution in [3.63, 3.8) is 0 Å². The molecule has 0 bridgehead atoms. The van der Waals surface area contributed by atoms with Gasteiger partial charge in [0.05, 0.1) is 43.3 Å². The highest BCUT2D eigenvalue weighted by molar-refractivity contribution is 5.59. The molecule has 2 aliphatic rings. The molecular formula is C25H25F2N7O2. The first-order valence-electron chi connectivity index (χ1n) is 12.0. The summed E-state index contributed by atoms with van der Waals surface area (Å²) in [6, 6.07) is 12.7. The molecule has 0 spiro atoms. The van der Waals surface area contributed by atoms with Gasteiger partial charge in [0.2, 0.25) is 5.89 Å². The average molecular weight is 494 g/mol. The molecule has 4 aromatic rings. The normalized spacial score (nSPS) is 17.5. The topological polar surface area (TPSA) is 95.0 Å². The van der Waals surface area contributed by atoms with Crippen molar-refractivity contribution in [2.75, 3.05) is 26.3 Å². The number of ether oxygens (including phenoxy) is 1. The summed E-state index contributed by atoms with van der Waals surface area (Å²) in [5.74, 6) is -0.145. The van der Waals surface area contributed by atoms with Gasteiger partial charge in [0.25, 0.3) is 5.89 Å². The summed E-state index contributed by atoms with van der Waals surface area (Å²) in [5, 5.41) is 15.6. The van der Waals surface area contributed by atoms with Crippen LogP contribution < -0.4 is 0 Å². The smallest absolute Gasteiger partial charge is 0.314 e. The van der Waals surface area contributed by atoms with Crippen LogP contribution in [0.5, 0.6) is 0 Å². The number of alkyl halides is 2. The van der Waals surface area contributed by atoms with Crippen molar-refractivity contribution in [3.05, 3.63) is 65.9 Å². The lowest BCUT2D eigenvalue weighted by Crippen LogP contribution is -2.51. The van der Waals surface area contributed by atoms with E-state index in [9.17, 15) is 8.78 Å². The Bertz CT molecular complexity index is 1310. The summed E-state index contributed by atoms with van der Waals surface area (Å²) in [6.07, 6.45) is 2.92. The van der Waals surface area contributed by atoms with Crippen LogP contribution in [-0.2, 0) is 11.3 Å². The van der Waals surface area contributed by atoms with Crippen molar-refractivity contribution in [3.8, 4) is 22.7 Å². The highest BCUT2D eigenvalue weighted by Crippen LogP contribution is 2.32. The van der Waals surface area contributed by atoms with Gasteiger partial charge in [-0.25, -0.2) is 4.68 Å². The molecule has 0 unspecified atom stereocenters. The molecule has 2 aliphatic heterocycles. The molecule has 11 heteroatoms. The molecule has 2 fully saturated rings. The second-order valence-electron chi connectivity index (χ2n) is 9.21. The van der Waals surface area contributed by atoms with Crippen LogP contribution in [-0.4, -0.2) is 67.4 Å². The molecule has 36 heavy (non-hydrogen) atoms. The molecule has 0 aliphatic carbocycles. The molecule has 0 saturated carbocycles. The zero-order valence-electron chi connectivity index (χ0n) is 19.5. The molecule has 9 nitrogen and oxygen atoms in total. The molecule has 0 radical (unpaired) electrons. The second-order valence-corrected chi connectivity index (χ2v) is 9.21. The lowest BCUT2D eigenvalue weighted by molar-refractivity contribution is -0.0712. The van der Waals surface area contributed by atoms with Crippen molar-refractivity contribution in [1.29, 1.82) is 0 Å². The number of aromatic nitrogens is 6. The summed E-state index contributed by atoms with van der Waals surface area (Å²) in [5.41, 5.74) is 4.41. The number of hydrogen-bond donors (Lipinski definition) is 0. The van der Waals surface area contributed by atoms with E-state index in [1.54, 1.807) is 16.8 Å². The van der Waals surface area contributed by atoms with Gasteiger partial charge in [0, 0.05) is 11.8 Å². The highest BCUT2D eigenvalue weighted by Gasteiger charge is 2.30. The number of halogens is 2. The maximum absolute atomic E-state index is 12.7. The Morgan fingerprint density at radius 2 is 1.86 bits per heavy atom. The maximum atomic E-state index is 12.7. The summed E-state index contributed by atoms with van der Waals surface area (Å²) in [7, 11) is 0. The Morgan fingerprint density at radius 3 is 2.56 bits per heavy atom. The zero-order chi connectivity index (χ0) is 24.5. The number of benzene rings is 1. The van der Waals surface area contributed by atoms with E-state index in [0.29, 0.717) is 24.1 Å². The average Bonchev–Trinajstić information content (AvgIpc) is 3.55. The minimum atomic E-state index is -2.80. The van der Waals surface area contributed by atoms with Crippen LogP contribution in [0.4, 0.5) is 8.78 Å². The van der Waals surface area contributed by atoms with E-state index in [4.69, 9.17) is 9.15 Å². The Kier molecular flexibility index (Phi) is 6.24. The number of likely N-dealkylation sites (tertiary alicyclic amines) is 1. The van der Waals surface area contributed by atoms with Gasteiger partial charge >= 0.3 is 6.43 Å². The molecule has 5 heterocycles. The molecule has 0 N–H and O–H groups in total. The first kappa shape index (κ1) is 22.9. The van der Waals surface area contributed by atoms with Crippen molar-refractivity contribution in [2.45, 2.75) is 37.8 Å². The number of hydrogen-bond acceptors (Lipinski definition) is 8. The number of nitrogens with zero attached hydrogens (tertiary/aromatic N) is 7. The third-order valence-corrected chi connectivity index (χ3v) is 6.88. The number of piperidine rings is 1. The minimum Gasteiger partial charge on any atom is -0.415 e. The Balaban J connectivity index is 1.10. The van der Waals surface area contributed by atoms with Gasteiger partial charge in [0.15, 0.2) is 0 Å². The van der Waals surface area contributed by atoms with Crippen LogP contribution >= 0.6 is 0 Å². The van der Waals surface area contributed by atoms with E-state index in [1.807, 2.05) is 6.20 Å². The monoisotopic (exact) mass is 493 g/mol. The van der Waals surface area contributed by atoms with Gasteiger partial charge < -0.3 is 9.15 Å². The van der Waals surface area contributed by atoms with Gasteiger partial charge in [-0.1, -0.05) is 23.4 Å². The summed E-state index contributed by atoms with van der Waals surface area (Å²) in [6.45, 7) is 4.39. The fourth-order valence-electron chi connectivity index (χ4n) is 4.74. The lowest BCUT2D eigenvalue weighted by Gasteiger charge is -2.41. The molecule has 186 valence electrons. The van der Waals surface area contributed by atoms with Crippen LogP contribution in [0.3, 0.4) is 0 Å². The van der Waals surface area contributed by atoms with Crippen molar-refractivity contribution in [1.82, 2.24) is 35.1 Å². The minimum absolute atomic E-state index is 0.00926. The summed E-state index contributed by atoms with van der Waals surface area (Å²) >= 11 is 0. The Hall–Kier alpha value is -3.57. The largest absolute Gasteiger partial charge is 0.415 e. The lowest BCUT2D eigenvalue weighted by atomic mass is 9.87. The summed E-state index contributed by atoms with van der Waals surface area (Å²) < 4.78 is 37.4. The van der Waals surface area contributed by atoms with Gasteiger partial charge in [-0.05, 0) is 55.6 Å². The van der Waals surface area contributed by atoms with E-state index in [-0.39, 0.29) is 5.89 Å². The summed E-state index contributed by atoms with van der Waals surface area (Å²) in [4.78, 5) is 6.93. The predicted octanol–water partition coefficient (Wildman–Crippen LogP) is 3.95. The van der Waals surface area contributed by atoms with Crippen LogP contribution in [0.25, 0.3) is 22.7 Å². The van der Waals surface area contributed by atoms with E-state index < -0.39 is 12.3 Å². The third-order valence-electron chi connectivity index (χ3n) is 6.88. The van der Waals surface area contributed by atoms with Crippen LogP contribution in [0.1, 0.15) is 42.3 Å². The van der Waals surface area contributed by atoms with Crippen molar-refractivity contribution >= 4 is 0 Å². The standard InChI is InChI=1S/C25H25F2N7O2/c26-23(27)25-31-30-24(36-25)19-4-5-20(28-11-19)12-34-13-22(29-32-34)18-3-1-2-17(10-18)16-6-8-33(9-7-16)21-14-35-15-21/h1-5,10-11,13,16,21,23H,6-9,12,14-15H2. The van der Waals surface area contributed by atoms with Gasteiger partial charge in [0.1, 0.15) is 5.69 Å². The number of pyridine rings is 1.